The molecule has 2 rings (SSSR count). The quantitative estimate of drug-likeness (QED) is 0.901. The van der Waals surface area contributed by atoms with E-state index in [0.717, 1.165) is 24.2 Å². The van der Waals surface area contributed by atoms with Gasteiger partial charge in [0.25, 0.3) is 0 Å². The molecule has 1 aliphatic rings. The highest BCUT2D eigenvalue weighted by Gasteiger charge is 2.24. The zero-order valence-corrected chi connectivity index (χ0v) is 13.3. The number of rotatable bonds is 5. The van der Waals surface area contributed by atoms with Crippen molar-refractivity contribution in [3.8, 4) is 5.75 Å². The highest BCUT2D eigenvalue weighted by Crippen LogP contribution is 2.19. The van der Waals surface area contributed by atoms with Crippen LogP contribution in [0.2, 0.25) is 0 Å². The molecule has 0 atom stereocenters. The van der Waals surface area contributed by atoms with Crippen LogP contribution in [-0.4, -0.2) is 43.0 Å². The molecule has 1 saturated heterocycles. The van der Waals surface area contributed by atoms with Gasteiger partial charge in [0.2, 0.25) is 11.8 Å². The summed E-state index contributed by atoms with van der Waals surface area (Å²) in [5, 5.41) is 3.00. The average molecular weight is 304 g/mol. The summed E-state index contributed by atoms with van der Waals surface area (Å²) >= 11 is 0. The number of hydrogen-bond donors (Lipinski definition) is 1. The third-order valence-electron chi connectivity index (χ3n) is 4.07. The minimum absolute atomic E-state index is 0.0822. The zero-order valence-electron chi connectivity index (χ0n) is 13.3. The predicted octanol–water partition coefficient (Wildman–Crippen LogP) is 1.75. The Bertz CT molecular complexity index is 522. The number of nitrogens with zero attached hydrogens (tertiary/aromatic N) is 1. The lowest BCUT2D eigenvalue weighted by molar-refractivity contribution is -0.131. The summed E-state index contributed by atoms with van der Waals surface area (Å²) in [7, 11) is 1.62. The zero-order chi connectivity index (χ0) is 15.9. The van der Waals surface area contributed by atoms with Crippen molar-refractivity contribution in [3.63, 3.8) is 0 Å². The van der Waals surface area contributed by atoms with E-state index in [0.29, 0.717) is 25.9 Å². The lowest BCUT2D eigenvalue weighted by Gasteiger charge is -2.32. The number of likely N-dealkylation sites (tertiary alicyclic amines) is 1. The Morgan fingerprint density at radius 3 is 2.59 bits per heavy atom. The first-order chi connectivity index (χ1) is 10.6. The molecule has 5 heteroatoms. The van der Waals surface area contributed by atoms with Crippen molar-refractivity contribution in [1.82, 2.24) is 10.2 Å². The van der Waals surface area contributed by atoms with Crippen molar-refractivity contribution in [2.45, 2.75) is 38.6 Å². The third kappa shape index (κ3) is 4.23. The number of carbonyl (C=O) groups excluding carboxylic acids is 2. The number of para-hydroxylation sites is 1. The molecule has 1 fully saturated rings. The van der Waals surface area contributed by atoms with Gasteiger partial charge >= 0.3 is 0 Å². The maximum Gasteiger partial charge on any atom is 0.227 e. The number of nitrogens with one attached hydrogen (secondary N) is 1. The van der Waals surface area contributed by atoms with Crippen LogP contribution in [-0.2, 0) is 16.0 Å². The second kappa shape index (κ2) is 7.82. The molecular formula is C17H24N2O3. The Hall–Kier alpha value is -2.04. The molecule has 0 spiro atoms. The lowest BCUT2D eigenvalue weighted by Crippen LogP contribution is -2.46. The van der Waals surface area contributed by atoms with Crippen molar-refractivity contribution >= 4 is 11.8 Å². The molecule has 1 aliphatic heterocycles. The van der Waals surface area contributed by atoms with Crippen molar-refractivity contribution in [2.24, 2.45) is 0 Å². The number of benzene rings is 1. The number of amides is 2. The van der Waals surface area contributed by atoms with E-state index in [9.17, 15) is 9.59 Å². The third-order valence-corrected chi connectivity index (χ3v) is 4.07. The predicted molar refractivity (Wildman–Crippen MR) is 84.7 cm³/mol. The fourth-order valence-electron chi connectivity index (χ4n) is 2.73. The van der Waals surface area contributed by atoms with Crippen LogP contribution in [0.5, 0.6) is 5.75 Å². The second-order valence-electron chi connectivity index (χ2n) is 5.56. The molecule has 1 aromatic carbocycles. The van der Waals surface area contributed by atoms with Crippen LogP contribution >= 0.6 is 0 Å². The van der Waals surface area contributed by atoms with Crippen LogP contribution in [0.4, 0.5) is 0 Å². The summed E-state index contributed by atoms with van der Waals surface area (Å²) < 4.78 is 5.29. The van der Waals surface area contributed by atoms with E-state index in [-0.39, 0.29) is 17.9 Å². The standard InChI is InChI=1S/C17H24N2O3/c1-3-16(20)18-14-8-10-19(11-9-14)17(21)12-13-6-4-5-7-15(13)22-2/h4-7,14H,3,8-12H2,1-2H3,(H,18,20). The Morgan fingerprint density at radius 2 is 1.95 bits per heavy atom. The van der Waals surface area contributed by atoms with Gasteiger partial charge in [0.15, 0.2) is 0 Å². The summed E-state index contributed by atoms with van der Waals surface area (Å²) in [6.45, 7) is 3.24. The van der Waals surface area contributed by atoms with Crippen molar-refractivity contribution in [2.75, 3.05) is 20.2 Å². The first-order valence-corrected chi connectivity index (χ1v) is 7.83. The summed E-state index contributed by atoms with van der Waals surface area (Å²) in [5.74, 6) is 0.949. The summed E-state index contributed by atoms with van der Waals surface area (Å²) in [6.07, 6.45) is 2.51. The molecule has 0 bridgehead atoms. The fourth-order valence-corrected chi connectivity index (χ4v) is 2.73. The lowest BCUT2D eigenvalue weighted by atomic mass is 10.0. The molecule has 1 heterocycles. The topological polar surface area (TPSA) is 58.6 Å². The highest BCUT2D eigenvalue weighted by atomic mass is 16.5. The molecule has 120 valence electrons. The van der Waals surface area contributed by atoms with Crippen LogP contribution in [0.15, 0.2) is 24.3 Å². The molecular weight excluding hydrogens is 280 g/mol. The second-order valence-corrected chi connectivity index (χ2v) is 5.56. The molecule has 0 aliphatic carbocycles. The molecule has 0 saturated carbocycles. The first kappa shape index (κ1) is 16.3. The van der Waals surface area contributed by atoms with Crippen LogP contribution in [0.3, 0.4) is 0 Å². The van der Waals surface area contributed by atoms with Gasteiger partial charge in [-0.1, -0.05) is 25.1 Å². The Balaban J connectivity index is 1.86. The molecule has 0 radical (unpaired) electrons. The van der Waals surface area contributed by atoms with Gasteiger partial charge in [-0.05, 0) is 18.9 Å². The number of carbonyl (C=O) groups is 2. The maximum absolute atomic E-state index is 12.4. The van der Waals surface area contributed by atoms with Gasteiger partial charge < -0.3 is 15.0 Å². The molecule has 22 heavy (non-hydrogen) atoms. The van der Waals surface area contributed by atoms with Gasteiger partial charge in [-0.3, -0.25) is 9.59 Å². The molecule has 1 N–H and O–H groups in total. The molecule has 1 aromatic rings. The van der Waals surface area contributed by atoms with E-state index in [1.165, 1.54) is 0 Å². The summed E-state index contributed by atoms with van der Waals surface area (Å²) in [5.41, 5.74) is 0.913. The number of piperidine rings is 1. The minimum Gasteiger partial charge on any atom is -0.496 e. The number of methoxy groups -OCH3 is 1. The van der Waals surface area contributed by atoms with E-state index in [4.69, 9.17) is 4.74 Å². The first-order valence-electron chi connectivity index (χ1n) is 7.83. The van der Waals surface area contributed by atoms with Crippen molar-refractivity contribution in [1.29, 1.82) is 0 Å². The van der Waals surface area contributed by atoms with Crippen LogP contribution in [0.25, 0.3) is 0 Å². The Labute approximate surface area is 131 Å². The molecule has 5 nitrogen and oxygen atoms in total. The smallest absolute Gasteiger partial charge is 0.227 e. The van der Waals surface area contributed by atoms with Gasteiger partial charge in [-0.15, -0.1) is 0 Å². The van der Waals surface area contributed by atoms with Crippen molar-refractivity contribution < 1.29 is 14.3 Å². The minimum atomic E-state index is 0.0822. The normalized spacial score (nSPS) is 15.5. The molecule has 2 amide bonds. The fraction of sp³-hybridized carbons (Fsp3) is 0.529. The Kier molecular flexibility index (Phi) is 5.81. The highest BCUT2D eigenvalue weighted by molar-refractivity contribution is 5.79. The molecule has 0 unspecified atom stereocenters. The maximum atomic E-state index is 12.4. The summed E-state index contributed by atoms with van der Waals surface area (Å²) in [6, 6.07) is 7.80. The van der Waals surface area contributed by atoms with E-state index >= 15 is 0 Å². The molecule has 0 aromatic heterocycles. The number of hydrogen-bond acceptors (Lipinski definition) is 3. The van der Waals surface area contributed by atoms with Gasteiger partial charge in [-0.25, -0.2) is 0 Å². The van der Waals surface area contributed by atoms with Crippen LogP contribution in [0.1, 0.15) is 31.7 Å². The van der Waals surface area contributed by atoms with Gasteiger partial charge in [0.1, 0.15) is 5.75 Å². The van der Waals surface area contributed by atoms with Gasteiger partial charge in [0, 0.05) is 31.1 Å². The van der Waals surface area contributed by atoms with E-state index in [1.54, 1.807) is 7.11 Å². The van der Waals surface area contributed by atoms with E-state index < -0.39 is 0 Å². The monoisotopic (exact) mass is 304 g/mol. The number of ether oxygens (including phenoxy) is 1. The van der Waals surface area contributed by atoms with Crippen molar-refractivity contribution in [3.05, 3.63) is 29.8 Å². The van der Waals surface area contributed by atoms with E-state index in [1.807, 2.05) is 36.1 Å². The average Bonchev–Trinajstić information content (AvgIpc) is 2.55. The largest absolute Gasteiger partial charge is 0.496 e. The SMILES string of the molecule is CCC(=O)NC1CCN(C(=O)Cc2ccccc2OC)CC1. The summed E-state index contributed by atoms with van der Waals surface area (Å²) in [4.78, 5) is 25.7. The van der Waals surface area contributed by atoms with Crippen LogP contribution in [0, 0.1) is 0 Å². The Morgan fingerprint density at radius 1 is 1.27 bits per heavy atom. The van der Waals surface area contributed by atoms with Gasteiger partial charge in [0.05, 0.1) is 13.5 Å². The van der Waals surface area contributed by atoms with Crippen LogP contribution < -0.4 is 10.1 Å². The van der Waals surface area contributed by atoms with E-state index in [2.05, 4.69) is 5.32 Å². The van der Waals surface area contributed by atoms with Gasteiger partial charge in [-0.2, -0.15) is 0 Å².